The van der Waals surface area contributed by atoms with Gasteiger partial charge in [0, 0.05) is 12.3 Å². The predicted octanol–water partition coefficient (Wildman–Crippen LogP) is 0.407. The maximum Gasteiger partial charge on any atom is 0.231 e. The third kappa shape index (κ3) is 0.556. The molecule has 50 valence electrons. The Morgan fingerprint density at radius 1 is 1.60 bits per heavy atom. The normalized spacial score (nSPS) is 10.4. The van der Waals surface area contributed by atoms with Crippen molar-refractivity contribution in [3.8, 4) is 0 Å². The van der Waals surface area contributed by atoms with Gasteiger partial charge in [-0.3, -0.25) is 9.81 Å². The Hall–Kier alpha value is -1.58. The fourth-order valence-electron chi connectivity index (χ4n) is 0.829. The summed E-state index contributed by atoms with van der Waals surface area (Å²) in [4.78, 5) is 3.64. The second-order valence-electron chi connectivity index (χ2n) is 1.89. The summed E-state index contributed by atoms with van der Waals surface area (Å²) in [6.45, 7) is 0. The first kappa shape index (κ1) is 5.22. The van der Waals surface area contributed by atoms with Crippen LogP contribution in [0.4, 0.5) is 0 Å². The van der Waals surface area contributed by atoms with Gasteiger partial charge in [-0.1, -0.05) is 0 Å². The van der Waals surface area contributed by atoms with Gasteiger partial charge in [0.05, 0.1) is 0 Å². The Labute approximate surface area is 56.3 Å². The zero-order valence-electron chi connectivity index (χ0n) is 5.11. The van der Waals surface area contributed by atoms with Crippen molar-refractivity contribution in [2.45, 2.75) is 0 Å². The van der Waals surface area contributed by atoms with E-state index in [1.54, 1.807) is 22.7 Å². The van der Waals surface area contributed by atoms with Crippen LogP contribution in [0.1, 0.15) is 0 Å². The van der Waals surface area contributed by atoms with Crippen LogP contribution in [0, 0.1) is 5.41 Å². The van der Waals surface area contributed by atoms with Crippen LogP contribution in [0.25, 0.3) is 5.71 Å². The number of fused-ring (bicyclic) bond motifs is 1. The van der Waals surface area contributed by atoms with Gasteiger partial charge in [-0.15, -0.1) is 0 Å². The minimum Gasteiger partial charge on any atom is -0.429 e. The van der Waals surface area contributed by atoms with E-state index in [-0.39, 0.29) is 5.62 Å². The summed E-state index contributed by atoms with van der Waals surface area (Å²) < 4.78 is 6.52. The molecule has 4 heteroatoms. The Morgan fingerprint density at radius 2 is 2.50 bits per heavy atom. The van der Waals surface area contributed by atoms with Gasteiger partial charge < -0.3 is 4.42 Å². The molecule has 0 saturated heterocycles. The highest BCUT2D eigenvalue weighted by molar-refractivity contribution is 5.32. The maximum absolute atomic E-state index is 7.27. The van der Waals surface area contributed by atoms with E-state index in [0.717, 1.165) is 0 Å². The minimum absolute atomic E-state index is 0.186. The van der Waals surface area contributed by atoms with E-state index >= 15 is 0 Å². The van der Waals surface area contributed by atoms with Crippen molar-refractivity contribution in [2.75, 3.05) is 0 Å². The van der Waals surface area contributed by atoms with Crippen molar-refractivity contribution >= 4 is 5.71 Å². The van der Waals surface area contributed by atoms with Gasteiger partial charge in [0.25, 0.3) is 0 Å². The Morgan fingerprint density at radius 3 is 3.30 bits per heavy atom. The Balaban J connectivity index is 3.09. The zero-order chi connectivity index (χ0) is 6.97. The topological polar surface area (TPSA) is 54.3 Å². The van der Waals surface area contributed by atoms with Crippen molar-refractivity contribution in [1.29, 1.82) is 5.41 Å². The van der Waals surface area contributed by atoms with E-state index in [0.29, 0.717) is 5.71 Å². The number of nitrogens with zero attached hydrogens (tertiary/aromatic N) is 2. The molecule has 0 aliphatic rings. The van der Waals surface area contributed by atoms with E-state index in [9.17, 15) is 0 Å². The van der Waals surface area contributed by atoms with Gasteiger partial charge in [0.1, 0.15) is 0 Å². The van der Waals surface area contributed by atoms with Crippen molar-refractivity contribution in [1.82, 2.24) is 9.38 Å². The van der Waals surface area contributed by atoms with Crippen molar-refractivity contribution in [2.24, 2.45) is 0 Å². The first-order chi connectivity index (χ1) is 4.88. The fraction of sp³-hybridized carbons (Fsp3) is 0. The summed E-state index contributed by atoms with van der Waals surface area (Å²) in [5.74, 6) is 0. The molecule has 2 aromatic rings. The molecule has 0 aliphatic heterocycles. The van der Waals surface area contributed by atoms with Crippen molar-refractivity contribution < 1.29 is 4.42 Å². The van der Waals surface area contributed by atoms with Gasteiger partial charge in [-0.05, 0) is 6.07 Å². The quantitative estimate of drug-likeness (QED) is 0.568. The standard InChI is InChI=1S/C6H5N3O/c7-6-8-4-10-5-2-1-3-9(5)6/h1-4,7H. The fourth-order valence-corrected chi connectivity index (χ4v) is 0.829. The van der Waals surface area contributed by atoms with E-state index < -0.39 is 0 Å². The summed E-state index contributed by atoms with van der Waals surface area (Å²) in [6.07, 6.45) is 2.99. The summed E-state index contributed by atoms with van der Waals surface area (Å²) in [5.41, 5.74) is 0.825. The molecule has 2 aromatic heterocycles. The Bertz CT molecular complexity index is 400. The molecule has 2 heterocycles. The zero-order valence-corrected chi connectivity index (χ0v) is 5.11. The average molecular weight is 135 g/mol. The van der Waals surface area contributed by atoms with Gasteiger partial charge in [0.15, 0.2) is 6.39 Å². The lowest BCUT2D eigenvalue weighted by atomic mass is 10.7. The van der Waals surface area contributed by atoms with Crippen LogP contribution in [0.3, 0.4) is 0 Å². The lowest BCUT2D eigenvalue weighted by Gasteiger charge is -1.88. The highest BCUT2D eigenvalue weighted by atomic mass is 16.3. The molecule has 0 aliphatic carbocycles. The third-order valence-electron chi connectivity index (χ3n) is 1.29. The molecule has 0 atom stereocenters. The van der Waals surface area contributed by atoms with Crippen LogP contribution in [-0.4, -0.2) is 9.38 Å². The monoisotopic (exact) mass is 135 g/mol. The van der Waals surface area contributed by atoms with Crippen LogP contribution < -0.4 is 5.62 Å². The van der Waals surface area contributed by atoms with E-state index in [1.807, 2.05) is 0 Å². The largest absolute Gasteiger partial charge is 0.429 e. The molecular weight excluding hydrogens is 130 g/mol. The van der Waals surface area contributed by atoms with Crippen LogP contribution in [-0.2, 0) is 0 Å². The number of aromatic nitrogens is 2. The van der Waals surface area contributed by atoms with Crippen LogP contribution >= 0.6 is 0 Å². The second-order valence-corrected chi connectivity index (χ2v) is 1.89. The van der Waals surface area contributed by atoms with Crippen LogP contribution in [0.5, 0.6) is 0 Å². The molecule has 0 unspecified atom stereocenters. The molecule has 0 radical (unpaired) electrons. The number of hydrogen-bond acceptors (Lipinski definition) is 3. The summed E-state index contributed by atoms with van der Waals surface area (Å²) in [7, 11) is 0. The van der Waals surface area contributed by atoms with Gasteiger partial charge in [0.2, 0.25) is 11.3 Å². The molecule has 4 nitrogen and oxygen atoms in total. The van der Waals surface area contributed by atoms with Crippen LogP contribution in [0.15, 0.2) is 29.1 Å². The lowest BCUT2D eigenvalue weighted by Crippen LogP contribution is -2.13. The second kappa shape index (κ2) is 1.70. The molecule has 0 bridgehead atoms. The molecule has 2 rings (SSSR count). The SMILES string of the molecule is N=c1ncoc2cccn12. The molecule has 1 N–H and O–H groups in total. The first-order valence-corrected chi connectivity index (χ1v) is 2.83. The first-order valence-electron chi connectivity index (χ1n) is 2.83. The van der Waals surface area contributed by atoms with E-state index in [1.165, 1.54) is 6.39 Å². The number of rotatable bonds is 0. The highest BCUT2D eigenvalue weighted by Crippen LogP contribution is 1.96. The van der Waals surface area contributed by atoms with Gasteiger partial charge in [-0.25, -0.2) is 0 Å². The molecule has 0 amide bonds. The molecule has 0 fully saturated rings. The van der Waals surface area contributed by atoms with Crippen molar-refractivity contribution in [3.63, 3.8) is 0 Å². The third-order valence-corrected chi connectivity index (χ3v) is 1.29. The maximum atomic E-state index is 7.27. The summed E-state index contributed by atoms with van der Waals surface area (Å²) in [6, 6.07) is 3.58. The smallest absolute Gasteiger partial charge is 0.231 e. The number of hydrogen-bond donors (Lipinski definition) is 1. The minimum atomic E-state index is 0.186. The molecule has 0 saturated carbocycles. The van der Waals surface area contributed by atoms with Gasteiger partial charge in [-0.2, -0.15) is 4.98 Å². The van der Waals surface area contributed by atoms with Gasteiger partial charge >= 0.3 is 0 Å². The average Bonchev–Trinajstić information content (AvgIpc) is 2.36. The highest BCUT2D eigenvalue weighted by Gasteiger charge is 1.92. The molecule has 0 spiro atoms. The molecule has 0 aromatic carbocycles. The summed E-state index contributed by atoms with van der Waals surface area (Å²) in [5, 5.41) is 7.27. The molecular formula is C6H5N3O. The Kier molecular flexibility index (Phi) is 0.887. The summed E-state index contributed by atoms with van der Waals surface area (Å²) >= 11 is 0. The van der Waals surface area contributed by atoms with E-state index in [2.05, 4.69) is 4.98 Å². The predicted molar refractivity (Wildman–Crippen MR) is 33.3 cm³/mol. The lowest BCUT2D eigenvalue weighted by molar-refractivity contribution is 0.535. The van der Waals surface area contributed by atoms with Crippen LogP contribution in [0.2, 0.25) is 0 Å². The number of nitrogens with one attached hydrogen (secondary N) is 1. The van der Waals surface area contributed by atoms with E-state index in [4.69, 9.17) is 9.83 Å². The van der Waals surface area contributed by atoms with Crippen molar-refractivity contribution in [3.05, 3.63) is 30.3 Å². The molecule has 10 heavy (non-hydrogen) atoms.